The molecule has 0 spiro atoms. The number of H-pyrrole nitrogens is 1. The third-order valence-corrected chi connectivity index (χ3v) is 2.20. The van der Waals surface area contributed by atoms with Gasteiger partial charge in [-0.25, -0.2) is 4.98 Å². The van der Waals surface area contributed by atoms with Gasteiger partial charge < -0.3 is 5.32 Å². The summed E-state index contributed by atoms with van der Waals surface area (Å²) in [6.45, 7) is 1.44. The molecule has 2 aromatic rings. The Morgan fingerprint density at radius 3 is 2.94 bits per heavy atom. The summed E-state index contributed by atoms with van der Waals surface area (Å²) in [5.41, 5.74) is 1.36. The number of nitrogens with one attached hydrogen (secondary N) is 2. The quantitative estimate of drug-likeness (QED) is 0.839. The average Bonchev–Trinajstić information content (AvgIpc) is 2.73. The minimum atomic E-state index is -0.150. The largest absolute Gasteiger partial charge is 0.326 e. The summed E-state index contributed by atoms with van der Waals surface area (Å²) in [7, 11) is 0. The molecule has 16 heavy (non-hydrogen) atoms. The van der Waals surface area contributed by atoms with Crippen LogP contribution in [0, 0.1) is 0 Å². The number of amides is 1. The molecule has 0 fully saturated rings. The Labute approximate surface area is 96.8 Å². The predicted molar refractivity (Wildman–Crippen MR) is 61.1 cm³/mol. The topological polar surface area (TPSA) is 70.7 Å². The van der Waals surface area contributed by atoms with E-state index in [1.165, 1.54) is 13.3 Å². The van der Waals surface area contributed by atoms with Crippen molar-refractivity contribution in [2.24, 2.45) is 0 Å². The standard InChI is InChI=1S/C10H9ClN4O/c1-6(16)14-9-3-2-7(11)4-8(9)10-12-5-13-15-10/h2-5H,1H3,(H,14,16)(H,12,13,15). The molecule has 0 aliphatic heterocycles. The van der Waals surface area contributed by atoms with E-state index in [1.807, 2.05) is 0 Å². The molecule has 1 amide bonds. The molecule has 1 heterocycles. The highest BCUT2D eigenvalue weighted by atomic mass is 35.5. The lowest BCUT2D eigenvalue weighted by atomic mass is 10.1. The van der Waals surface area contributed by atoms with Crippen molar-refractivity contribution in [1.29, 1.82) is 0 Å². The van der Waals surface area contributed by atoms with Crippen LogP contribution in [0.25, 0.3) is 11.4 Å². The van der Waals surface area contributed by atoms with Gasteiger partial charge in [-0.15, -0.1) is 0 Å². The van der Waals surface area contributed by atoms with Crippen molar-refractivity contribution >= 4 is 23.2 Å². The summed E-state index contributed by atoms with van der Waals surface area (Å²) in [6.07, 6.45) is 1.40. The summed E-state index contributed by atoms with van der Waals surface area (Å²) in [5, 5.41) is 9.75. The molecule has 2 rings (SSSR count). The molecule has 5 nitrogen and oxygen atoms in total. The Morgan fingerprint density at radius 1 is 1.50 bits per heavy atom. The minimum absolute atomic E-state index is 0.150. The number of aromatic amines is 1. The van der Waals surface area contributed by atoms with E-state index in [1.54, 1.807) is 18.2 Å². The number of hydrogen-bond donors (Lipinski definition) is 2. The summed E-state index contributed by atoms with van der Waals surface area (Å²) in [6, 6.07) is 5.14. The number of hydrogen-bond acceptors (Lipinski definition) is 3. The maximum atomic E-state index is 11.0. The summed E-state index contributed by atoms with van der Waals surface area (Å²) in [4.78, 5) is 15.0. The Bertz CT molecular complexity index is 510. The molecule has 6 heteroatoms. The normalized spacial score (nSPS) is 10.1. The van der Waals surface area contributed by atoms with Gasteiger partial charge in [0.25, 0.3) is 0 Å². The molecule has 1 aromatic heterocycles. The van der Waals surface area contributed by atoms with Crippen LogP contribution in [0.3, 0.4) is 0 Å². The van der Waals surface area contributed by atoms with Gasteiger partial charge >= 0.3 is 0 Å². The van der Waals surface area contributed by atoms with Crippen molar-refractivity contribution < 1.29 is 4.79 Å². The molecule has 0 aliphatic rings. The zero-order valence-electron chi connectivity index (χ0n) is 8.49. The molecule has 2 N–H and O–H groups in total. The van der Waals surface area contributed by atoms with E-state index in [4.69, 9.17) is 11.6 Å². The Balaban J connectivity index is 2.48. The van der Waals surface area contributed by atoms with Crippen LogP contribution in [0.5, 0.6) is 0 Å². The second kappa shape index (κ2) is 4.32. The first-order chi connectivity index (χ1) is 7.66. The molecule has 0 radical (unpaired) electrons. The maximum Gasteiger partial charge on any atom is 0.221 e. The highest BCUT2D eigenvalue weighted by Crippen LogP contribution is 2.28. The van der Waals surface area contributed by atoms with E-state index in [-0.39, 0.29) is 5.91 Å². The van der Waals surface area contributed by atoms with Crippen molar-refractivity contribution in [2.75, 3.05) is 5.32 Å². The fourth-order valence-corrected chi connectivity index (χ4v) is 1.52. The molecule has 0 unspecified atom stereocenters. The molecule has 0 aliphatic carbocycles. The molecule has 0 atom stereocenters. The third-order valence-electron chi connectivity index (χ3n) is 1.96. The van der Waals surface area contributed by atoms with E-state index < -0.39 is 0 Å². The van der Waals surface area contributed by atoms with Gasteiger partial charge in [0, 0.05) is 17.5 Å². The van der Waals surface area contributed by atoms with E-state index in [0.717, 1.165) is 0 Å². The number of carbonyl (C=O) groups excluding carboxylic acids is 1. The van der Waals surface area contributed by atoms with Crippen LogP contribution >= 0.6 is 11.6 Å². The van der Waals surface area contributed by atoms with Crippen LogP contribution in [-0.2, 0) is 4.79 Å². The fourth-order valence-electron chi connectivity index (χ4n) is 1.35. The molecular weight excluding hydrogens is 228 g/mol. The van der Waals surface area contributed by atoms with Crippen LogP contribution in [0.15, 0.2) is 24.5 Å². The number of carbonyl (C=O) groups is 1. The lowest BCUT2D eigenvalue weighted by Gasteiger charge is -2.07. The third kappa shape index (κ3) is 2.20. The second-order valence-electron chi connectivity index (χ2n) is 3.21. The number of aromatic nitrogens is 3. The van der Waals surface area contributed by atoms with E-state index in [0.29, 0.717) is 22.1 Å². The Kier molecular flexibility index (Phi) is 2.87. The fraction of sp³-hybridized carbons (Fsp3) is 0.100. The lowest BCUT2D eigenvalue weighted by molar-refractivity contribution is -0.114. The number of rotatable bonds is 2. The molecular formula is C10H9ClN4O. The van der Waals surface area contributed by atoms with Crippen LogP contribution in [0.2, 0.25) is 5.02 Å². The molecule has 0 bridgehead atoms. The predicted octanol–water partition coefficient (Wildman–Crippen LogP) is 2.08. The van der Waals surface area contributed by atoms with Gasteiger partial charge in [0.15, 0.2) is 5.82 Å². The van der Waals surface area contributed by atoms with E-state index in [9.17, 15) is 4.79 Å². The Morgan fingerprint density at radius 2 is 2.31 bits per heavy atom. The van der Waals surface area contributed by atoms with Crippen LogP contribution < -0.4 is 5.32 Å². The van der Waals surface area contributed by atoms with Gasteiger partial charge in [-0.05, 0) is 18.2 Å². The number of anilines is 1. The van der Waals surface area contributed by atoms with Crippen molar-refractivity contribution in [3.8, 4) is 11.4 Å². The molecule has 0 saturated heterocycles. The van der Waals surface area contributed by atoms with Gasteiger partial charge in [0.05, 0.1) is 5.69 Å². The SMILES string of the molecule is CC(=O)Nc1ccc(Cl)cc1-c1ncn[nH]1. The van der Waals surface area contributed by atoms with Gasteiger partial charge in [0.2, 0.25) is 5.91 Å². The first kappa shape index (κ1) is 10.6. The summed E-state index contributed by atoms with van der Waals surface area (Å²) < 4.78 is 0. The van der Waals surface area contributed by atoms with Crippen LogP contribution in [0.1, 0.15) is 6.92 Å². The zero-order chi connectivity index (χ0) is 11.5. The first-order valence-corrected chi connectivity index (χ1v) is 4.97. The monoisotopic (exact) mass is 236 g/mol. The van der Waals surface area contributed by atoms with Gasteiger partial charge in [0.1, 0.15) is 6.33 Å². The van der Waals surface area contributed by atoms with E-state index in [2.05, 4.69) is 20.5 Å². The maximum absolute atomic E-state index is 11.0. The van der Waals surface area contributed by atoms with Crippen molar-refractivity contribution in [3.63, 3.8) is 0 Å². The van der Waals surface area contributed by atoms with Gasteiger partial charge in [-0.2, -0.15) is 5.10 Å². The zero-order valence-corrected chi connectivity index (χ0v) is 9.25. The smallest absolute Gasteiger partial charge is 0.221 e. The molecule has 0 saturated carbocycles. The minimum Gasteiger partial charge on any atom is -0.326 e. The van der Waals surface area contributed by atoms with Crippen LogP contribution in [0.4, 0.5) is 5.69 Å². The highest BCUT2D eigenvalue weighted by molar-refractivity contribution is 6.31. The van der Waals surface area contributed by atoms with Gasteiger partial charge in [-0.3, -0.25) is 9.89 Å². The van der Waals surface area contributed by atoms with E-state index >= 15 is 0 Å². The average molecular weight is 237 g/mol. The highest BCUT2D eigenvalue weighted by Gasteiger charge is 2.09. The van der Waals surface area contributed by atoms with Crippen molar-refractivity contribution in [1.82, 2.24) is 15.2 Å². The van der Waals surface area contributed by atoms with Crippen LogP contribution in [-0.4, -0.2) is 21.1 Å². The second-order valence-corrected chi connectivity index (χ2v) is 3.64. The summed E-state index contributed by atoms with van der Waals surface area (Å²) >= 11 is 5.90. The van der Waals surface area contributed by atoms with Gasteiger partial charge in [-0.1, -0.05) is 11.6 Å². The number of benzene rings is 1. The lowest BCUT2D eigenvalue weighted by Crippen LogP contribution is -2.07. The Hall–Kier alpha value is -1.88. The molecule has 1 aromatic carbocycles. The number of halogens is 1. The molecule has 82 valence electrons. The van der Waals surface area contributed by atoms with Crippen molar-refractivity contribution in [3.05, 3.63) is 29.5 Å². The summed E-state index contributed by atoms with van der Waals surface area (Å²) in [5.74, 6) is 0.411. The van der Waals surface area contributed by atoms with Crippen molar-refractivity contribution in [2.45, 2.75) is 6.92 Å². The number of nitrogens with zero attached hydrogens (tertiary/aromatic N) is 2. The first-order valence-electron chi connectivity index (χ1n) is 4.59.